The molecule has 6 nitrogen and oxygen atoms in total. The van der Waals surface area contributed by atoms with E-state index in [1.807, 2.05) is 38.1 Å². The lowest BCUT2D eigenvalue weighted by molar-refractivity contribution is 0.340. The predicted molar refractivity (Wildman–Crippen MR) is 124 cm³/mol. The van der Waals surface area contributed by atoms with E-state index in [9.17, 15) is 16.8 Å². The first-order chi connectivity index (χ1) is 15.1. The Labute approximate surface area is 190 Å². The Balaban J connectivity index is 1.78. The summed E-state index contributed by atoms with van der Waals surface area (Å²) in [6.45, 7) is 6.18. The zero-order valence-electron chi connectivity index (χ0n) is 18.3. The summed E-state index contributed by atoms with van der Waals surface area (Å²) in [5, 5.41) is 0. The molecular formula is C24H27NO5S2. The molecule has 0 radical (unpaired) electrons. The van der Waals surface area contributed by atoms with Crippen LogP contribution in [-0.4, -0.2) is 30.0 Å². The van der Waals surface area contributed by atoms with Crippen molar-refractivity contribution in [3.63, 3.8) is 0 Å². The first-order valence-electron chi connectivity index (χ1n) is 10.3. The first kappa shape index (κ1) is 24.0. The molecule has 0 aliphatic heterocycles. The average Bonchev–Trinajstić information content (AvgIpc) is 2.75. The molecule has 0 saturated heterocycles. The van der Waals surface area contributed by atoms with E-state index in [-0.39, 0.29) is 21.2 Å². The zero-order chi connectivity index (χ0) is 23.4. The molecule has 0 unspecified atom stereocenters. The van der Waals surface area contributed by atoms with E-state index in [1.165, 1.54) is 30.3 Å². The molecule has 0 bridgehead atoms. The molecule has 0 aliphatic rings. The Morgan fingerprint density at radius 2 is 1.44 bits per heavy atom. The summed E-state index contributed by atoms with van der Waals surface area (Å²) in [6, 6.07) is 18.1. The van der Waals surface area contributed by atoms with Crippen molar-refractivity contribution in [2.75, 3.05) is 13.2 Å². The van der Waals surface area contributed by atoms with Crippen LogP contribution in [0.25, 0.3) is 0 Å². The Kier molecular flexibility index (Phi) is 7.38. The van der Waals surface area contributed by atoms with Gasteiger partial charge in [0.2, 0.25) is 19.9 Å². The molecule has 3 aromatic carbocycles. The molecule has 0 spiro atoms. The molecule has 1 N–H and O–H groups in total. The molecule has 32 heavy (non-hydrogen) atoms. The lowest BCUT2D eigenvalue weighted by atomic mass is 10.1. The fourth-order valence-electron chi connectivity index (χ4n) is 3.22. The second-order valence-electron chi connectivity index (χ2n) is 7.47. The molecule has 0 aromatic heterocycles. The van der Waals surface area contributed by atoms with Gasteiger partial charge in [-0.1, -0.05) is 35.9 Å². The monoisotopic (exact) mass is 473 g/mol. The second-order valence-corrected chi connectivity index (χ2v) is 11.2. The predicted octanol–water partition coefficient (Wildman–Crippen LogP) is 4.06. The third-order valence-corrected chi connectivity index (χ3v) is 8.40. The van der Waals surface area contributed by atoms with Gasteiger partial charge in [0.15, 0.2) is 0 Å². The van der Waals surface area contributed by atoms with Crippen LogP contribution in [-0.2, 0) is 26.3 Å². The summed E-state index contributed by atoms with van der Waals surface area (Å²) < 4.78 is 59.8. The summed E-state index contributed by atoms with van der Waals surface area (Å²) in [4.78, 5) is 0.0231. The highest BCUT2D eigenvalue weighted by atomic mass is 32.2. The quantitative estimate of drug-likeness (QED) is 0.506. The van der Waals surface area contributed by atoms with Gasteiger partial charge in [0.25, 0.3) is 0 Å². The van der Waals surface area contributed by atoms with Gasteiger partial charge in [-0.05, 0) is 74.7 Å². The van der Waals surface area contributed by atoms with E-state index in [1.54, 1.807) is 19.1 Å². The molecular weight excluding hydrogens is 446 g/mol. The summed E-state index contributed by atoms with van der Waals surface area (Å²) in [5.41, 5.74) is 2.37. The van der Waals surface area contributed by atoms with Crippen molar-refractivity contribution in [2.24, 2.45) is 0 Å². The minimum atomic E-state index is -3.89. The van der Waals surface area contributed by atoms with E-state index >= 15 is 0 Å². The van der Waals surface area contributed by atoms with Crippen LogP contribution in [0.3, 0.4) is 0 Å². The van der Waals surface area contributed by atoms with Crippen molar-refractivity contribution in [1.29, 1.82) is 0 Å². The van der Waals surface area contributed by atoms with Gasteiger partial charge < -0.3 is 4.74 Å². The lowest BCUT2D eigenvalue weighted by Crippen LogP contribution is -2.27. The molecule has 0 aliphatic carbocycles. The van der Waals surface area contributed by atoms with E-state index in [2.05, 4.69) is 4.72 Å². The van der Waals surface area contributed by atoms with E-state index < -0.39 is 19.9 Å². The first-order valence-corrected chi connectivity index (χ1v) is 13.2. The van der Waals surface area contributed by atoms with Crippen LogP contribution >= 0.6 is 0 Å². The molecule has 3 aromatic rings. The maximum Gasteiger partial charge on any atom is 0.240 e. The molecule has 0 saturated carbocycles. The zero-order valence-corrected chi connectivity index (χ0v) is 20.0. The number of rotatable bonds is 9. The van der Waals surface area contributed by atoms with Crippen molar-refractivity contribution < 1.29 is 21.6 Å². The molecule has 0 fully saturated rings. The number of hydrogen-bond acceptors (Lipinski definition) is 5. The fraction of sp³-hybridized carbons (Fsp3) is 0.250. The average molecular weight is 474 g/mol. The minimum Gasteiger partial charge on any atom is -0.494 e. The summed E-state index contributed by atoms with van der Waals surface area (Å²) in [5.74, 6) is 0.763. The van der Waals surface area contributed by atoms with Gasteiger partial charge in [-0.2, -0.15) is 0 Å². The molecule has 0 heterocycles. The number of sulfonamides is 1. The summed E-state index contributed by atoms with van der Waals surface area (Å²) in [6.07, 6.45) is 0.492. The van der Waals surface area contributed by atoms with Crippen LogP contribution in [0, 0.1) is 13.8 Å². The van der Waals surface area contributed by atoms with Gasteiger partial charge in [0, 0.05) is 6.54 Å². The van der Waals surface area contributed by atoms with Crippen molar-refractivity contribution in [1.82, 2.24) is 4.72 Å². The van der Waals surface area contributed by atoms with Gasteiger partial charge in [-0.3, -0.25) is 0 Å². The van der Waals surface area contributed by atoms with Crippen LogP contribution in [0.5, 0.6) is 5.75 Å². The second kappa shape index (κ2) is 9.85. The van der Waals surface area contributed by atoms with Crippen LogP contribution in [0.15, 0.2) is 81.4 Å². The maximum atomic E-state index is 13.0. The van der Waals surface area contributed by atoms with Crippen molar-refractivity contribution in [3.8, 4) is 5.75 Å². The number of benzene rings is 3. The number of sulfone groups is 1. The molecule has 8 heteroatoms. The lowest BCUT2D eigenvalue weighted by Gasteiger charge is -2.12. The third kappa shape index (κ3) is 5.56. The van der Waals surface area contributed by atoms with Crippen LogP contribution < -0.4 is 9.46 Å². The summed E-state index contributed by atoms with van der Waals surface area (Å²) >= 11 is 0. The standard InChI is InChI=1S/C24H27NO5S2/c1-4-30-21-10-8-20(9-11-21)15-16-25-32(28,29)24-17-23(14-7-19(24)3)31(26,27)22-12-5-18(2)6-13-22/h5-14,17,25H,4,15-16H2,1-3H3. The number of nitrogens with one attached hydrogen (secondary N) is 1. The van der Waals surface area contributed by atoms with Crippen LogP contribution in [0.2, 0.25) is 0 Å². The molecule has 0 amide bonds. The Bertz CT molecular complexity index is 1280. The molecule has 170 valence electrons. The van der Waals surface area contributed by atoms with Crippen LogP contribution in [0.4, 0.5) is 0 Å². The van der Waals surface area contributed by atoms with Crippen molar-refractivity contribution >= 4 is 19.9 Å². The maximum absolute atomic E-state index is 13.0. The highest BCUT2D eigenvalue weighted by molar-refractivity contribution is 7.91. The topological polar surface area (TPSA) is 89.5 Å². The smallest absolute Gasteiger partial charge is 0.240 e. The highest BCUT2D eigenvalue weighted by Crippen LogP contribution is 2.25. The SMILES string of the molecule is CCOc1ccc(CCNS(=O)(=O)c2cc(S(=O)(=O)c3ccc(C)cc3)ccc2C)cc1. The molecule has 3 rings (SSSR count). The van der Waals surface area contributed by atoms with Gasteiger partial charge in [-0.15, -0.1) is 0 Å². The highest BCUT2D eigenvalue weighted by Gasteiger charge is 2.23. The third-order valence-electron chi connectivity index (χ3n) is 5.03. The van der Waals surface area contributed by atoms with E-state index in [0.717, 1.165) is 16.9 Å². The van der Waals surface area contributed by atoms with Crippen molar-refractivity contribution in [2.45, 2.75) is 41.9 Å². The number of ether oxygens (including phenoxy) is 1. The van der Waals surface area contributed by atoms with E-state index in [4.69, 9.17) is 4.74 Å². The Morgan fingerprint density at radius 3 is 2.06 bits per heavy atom. The largest absolute Gasteiger partial charge is 0.494 e. The number of aryl methyl sites for hydroxylation is 2. The summed E-state index contributed by atoms with van der Waals surface area (Å²) in [7, 11) is -7.72. The Morgan fingerprint density at radius 1 is 0.812 bits per heavy atom. The van der Waals surface area contributed by atoms with Gasteiger partial charge in [0.1, 0.15) is 5.75 Å². The van der Waals surface area contributed by atoms with Gasteiger partial charge >= 0.3 is 0 Å². The van der Waals surface area contributed by atoms with Gasteiger partial charge in [-0.25, -0.2) is 21.6 Å². The fourth-order valence-corrected chi connectivity index (χ4v) is 5.88. The minimum absolute atomic E-state index is 0.0441. The normalized spacial score (nSPS) is 12.0. The number of hydrogen-bond donors (Lipinski definition) is 1. The van der Waals surface area contributed by atoms with Crippen LogP contribution in [0.1, 0.15) is 23.6 Å². The van der Waals surface area contributed by atoms with Crippen molar-refractivity contribution in [3.05, 3.63) is 83.4 Å². The van der Waals surface area contributed by atoms with Gasteiger partial charge in [0.05, 0.1) is 21.3 Å². The Hall–Kier alpha value is -2.68. The molecule has 0 atom stereocenters. The van der Waals surface area contributed by atoms with E-state index in [0.29, 0.717) is 18.6 Å².